The summed E-state index contributed by atoms with van der Waals surface area (Å²) in [6.07, 6.45) is 0. The van der Waals surface area contributed by atoms with Gasteiger partial charge in [0.15, 0.2) is 18.2 Å². The zero-order valence-electron chi connectivity index (χ0n) is 13.0. The van der Waals surface area contributed by atoms with Crippen molar-refractivity contribution in [1.29, 1.82) is 0 Å². The number of nitrogens with one attached hydrogen (secondary N) is 2. The van der Waals surface area contributed by atoms with Gasteiger partial charge in [-0.15, -0.1) is 0 Å². The van der Waals surface area contributed by atoms with Crippen molar-refractivity contribution < 1.29 is 14.3 Å². The Morgan fingerprint density at radius 2 is 1.82 bits per heavy atom. The molecule has 0 spiro atoms. The summed E-state index contributed by atoms with van der Waals surface area (Å²) in [6.45, 7) is 4.02. The largest absolute Gasteiger partial charge is 0.493 e. The number of carbonyl (C=O) groups excluding carboxylic acids is 1. The average molecular weight is 300 g/mol. The van der Waals surface area contributed by atoms with Crippen molar-refractivity contribution in [2.45, 2.75) is 13.8 Å². The Kier molecular flexibility index (Phi) is 5.25. The van der Waals surface area contributed by atoms with Crippen LogP contribution in [0.4, 0.5) is 10.5 Å². The lowest BCUT2D eigenvalue weighted by molar-refractivity contribution is 0.231. The summed E-state index contributed by atoms with van der Waals surface area (Å²) >= 11 is 0. The molecule has 0 aliphatic rings. The molecule has 0 saturated carbocycles. The smallest absolute Gasteiger partial charge is 0.321 e. The van der Waals surface area contributed by atoms with Crippen molar-refractivity contribution in [3.8, 4) is 11.5 Å². The van der Waals surface area contributed by atoms with Gasteiger partial charge in [-0.2, -0.15) is 0 Å². The maximum absolute atomic E-state index is 11.9. The van der Waals surface area contributed by atoms with Crippen molar-refractivity contribution in [2.24, 2.45) is 0 Å². The first-order valence-corrected chi connectivity index (χ1v) is 6.98. The van der Waals surface area contributed by atoms with E-state index in [2.05, 4.69) is 10.6 Å². The van der Waals surface area contributed by atoms with Crippen LogP contribution in [0.25, 0.3) is 0 Å². The first-order chi connectivity index (χ1) is 10.6. The highest BCUT2D eigenvalue weighted by molar-refractivity contribution is 5.90. The number of methoxy groups -OCH3 is 1. The number of aryl methyl sites for hydroxylation is 2. The molecule has 0 unspecified atom stereocenters. The number of amides is 2. The van der Waals surface area contributed by atoms with E-state index >= 15 is 0 Å². The van der Waals surface area contributed by atoms with Crippen molar-refractivity contribution in [3.63, 3.8) is 0 Å². The van der Waals surface area contributed by atoms with Gasteiger partial charge < -0.3 is 20.1 Å². The van der Waals surface area contributed by atoms with E-state index in [9.17, 15) is 4.79 Å². The fraction of sp³-hybridized carbons (Fsp3) is 0.235. The Hall–Kier alpha value is -2.69. The molecule has 0 fully saturated rings. The van der Waals surface area contributed by atoms with E-state index in [-0.39, 0.29) is 12.8 Å². The standard InChI is InChI=1S/C17H20N2O3/c1-12-8-9-14(13(2)10-12)19-17(20)18-11-22-16-7-5-4-6-15(16)21-3/h4-10H,11H2,1-3H3,(H2,18,19,20). The molecule has 2 aromatic rings. The Bertz CT molecular complexity index is 656. The molecule has 2 amide bonds. The van der Waals surface area contributed by atoms with Gasteiger partial charge in [-0.05, 0) is 37.6 Å². The van der Waals surface area contributed by atoms with E-state index in [0.29, 0.717) is 11.5 Å². The van der Waals surface area contributed by atoms with Crippen LogP contribution >= 0.6 is 0 Å². The Morgan fingerprint density at radius 3 is 2.50 bits per heavy atom. The third kappa shape index (κ3) is 4.15. The lowest BCUT2D eigenvalue weighted by Crippen LogP contribution is -2.32. The van der Waals surface area contributed by atoms with Crippen molar-refractivity contribution >= 4 is 11.7 Å². The van der Waals surface area contributed by atoms with E-state index in [4.69, 9.17) is 9.47 Å². The van der Waals surface area contributed by atoms with Crippen LogP contribution < -0.4 is 20.1 Å². The van der Waals surface area contributed by atoms with Crippen LogP contribution in [0.5, 0.6) is 11.5 Å². The summed E-state index contributed by atoms with van der Waals surface area (Å²) in [5, 5.41) is 5.44. The minimum atomic E-state index is -0.318. The van der Waals surface area contributed by atoms with Gasteiger partial charge in [-0.3, -0.25) is 0 Å². The molecule has 0 heterocycles. The zero-order chi connectivity index (χ0) is 15.9. The summed E-state index contributed by atoms with van der Waals surface area (Å²) in [7, 11) is 1.57. The molecule has 2 aromatic carbocycles. The zero-order valence-corrected chi connectivity index (χ0v) is 13.0. The van der Waals surface area contributed by atoms with E-state index in [1.807, 2.05) is 44.2 Å². The Balaban J connectivity index is 1.85. The Morgan fingerprint density at radius 1 is 1.09 bits per heavy atom. The fourth-order valence-electron chi connectivity index (χ4n) is 2.04. The number of benzene rings is 2. The van der Waals surface area contributed by atoms with Crippen LogP contribution in [-0.4, -0.2) is 19.9 Å². The second-order valence-electron chi connectivity index (χ2n) is 4.89. The van der Waals surface area contributed by atoms with Gasteiger partial charge in [0.2, 0.25) is 0 Å². The lowest BCUT2D eigenvalue weighted by Gasteiger charge is -2.13. The van der Waals surface area contributed by atoms with Crippen LogP contribution in [0, 0.1) is 13.8 Å². The first-order valence-electron chi connectivity index (χ1n) is 6.98. The normalized spacial score (nSPS) is 9.95. The summed E-state index contributed by atoms with van der Waals surface area (Å²) < 4.78 is 10.7. The molecule has 22 heavy (non-hydrogen) atoms. The predicted molar refractivity (Wildman–Crippen MR) is 86.6 cm³/mol. The number of ether oxygens (including phenoxy) is 2. The second kappa shape index (κ2) is 7.36. The van der Waals surface area contributed by atoms with Crippen LogP contribution in [0.15, 0.2) is 42.5 Å². The van der Waals surface area contributed by atoms with Gasteiger partial charge >= 0.3 is 6.03 Å². The molecular weight excluding hydrogens is 280 g/mol. The monoisotopic (exact) mass is 300 g/mol. The SMILES string of the molecule is COc1ccccc1OCNC(=O)Nc1ccc(C)cc1C. The number of urea groups is 1. The third-order valence-electron chi connectivity index (χ3n) is 3.16. The topological polar surface area (TPSA) is 59.6 Å². The van der Waals surface area contributed by atoms with E-state index in [1.54, 1.807) is 19.2 Å². The number of para-hydroxylation sites is 2. The molecule has 5 heteroatoms. The molecule has 116 valence electrons. The first kappa shape index (κ1) is 15.7. The van der Waals surface area contributed by atoms with Crippen LogP contribution in [0.3, 0.4) is 0 Å². The minimum Gasteiger partial charge on any atom is -0.493 e. The molecule has 2 rings (SSSR count). The van der Waals surface area contributed by atoms with E-state index < -0.39 is 0 Å². The lowest BCUT2D eigenvalue weighted by atomic mass is 10.1. The van der Waals surface area contributed by atoms with E-state index in [1.165, 1.54) is 0 Å². The number of anilines is 1. The van der Waals surface area contributed by atoms with Gasteiger partial charge in [0.1, 0.15) is 0 Å². The maximum atomic E-state index is 11.9. The molecule has 0 bridgehead atoms. The van der Waals surface area contributed by atoms with Crippen LogP contribution in [-0.2, 0) is 0 Å². The molecule has 0 aliphatic carbocycles. The van der Waals surface area contributed by atoms with Gasteiger partial charge in [0.25, 0.3) is 0 Å². The number of hydrogen-bond acceptors (Lipinski definition) is 3. The third-order valence-corrected chi connectivity index (χ3v) is 3.16. The molecule has 0 aliphatic heterocycles. The number of hydrogen-bond donors (Lipinski definition) is 2. The van der Waals surface area contributed by atoms with Crippen LogP contribution in [0.2, 0.25) is 0 Å². The molecular formula is C17H20N2O3. The molecule has 0 radical (unpaired) electrons. The highest BCUT2D eigenvalue weighted by atomic mass is 16.5. The van der Waals surface area contributed by atoms with Crippen LogP contribution in [0.1, 0.15) is 11.1 Å². The maximum Gasteiger partial charge on any atom is 0.321 e. The van der Waals surface area contributed by atoms with Gasteiger partial charge in [-0.1, -0.05) is 29.8 Å². The molecule has 0 aromatic heterocycles. The molecule has 5 nitrogen and oxygen atoms in total. The quantitative estimate of drug-likeness (QED) is 0.831. The Labute approximate surface area is 130 Å². The van der Waals surface area contributed by atoms with Gasteiger partial charge in [0.05, 0.1) is 7.11 Å². The fourth-order valence-corrected chi connectivity index (χ4v) is 2.04. The summed E-state index contributed by atoms with van der Waals surface area (Å²) in [6, 6.07) is 12.8. The highest BCUT2D eigenvalue weighted by Crippen LogP contribution is 2.25. The number of rotatable bonds is 5. The summed E-state index contributed by atoms with van der Waals surface area (Å²) in [4.78, 5) is 11.9. The van der Waals surface area contributed by atoms with E-state index in [0.717, 1.165) is 16.8 Å². The molecule has 0 atom stereocenters. The second-order valence-corrected chi connectivity index (χ2v) is 4.89. The van der Waals surface area contributed by atoms with Crippen molar-refractivity contribution in [1.82, 2.24) is 5.32 Å². The van der Waals surface area contributed by atoms with Gasteiger partial charge in [0, 0.05) is 5.69 Å². The average Bonchev–Trinajstić information content (AvgIpc) is 2.50. The minimum absolute atomic E-state index is 0.0527. The van der Waals surface area contributed by atoms with Gasteiger partial charge in [-0.25, -0.2) is 4.79 Å². The summed E-state index contributed by atoms with van der Waals surface area (Å²) in [5.41, 5.74) is 2.95. The van der Waals surface area contributed by atoms with Crippen molar-refractivity contribution in [2.75, 3.05) is 19.2 Å². The molecule has 2 N–H and O–H groups in total. The number of carbonyl (C=O) groups is 1. The van der Waals surface area contributed by atoms with Crippen molar-refractivity contribution in [3.05, 3.63) is 53.6 Å². The molecule has 0 saturated heterocycles. The predicted octanol–water partition coefficient (Wildman–Crippen LogP) is 3.47. The summed E-state index contributed by atoms with van der Waals surface area (Å²) in [5.74, 6) is 1.20. The highest BCUT2D eigenvalue weighted by Gasteiger charge is 2.06.